The number of hydrogen-bond acceptors (Lipinski definition) is 4. The zero-order valence-electron chi connectivity index (χ0n) is 13.4. The smallest absolute Gasteiger partial charge is 0.248 e. The number of ether oxygens (including phenoxy) is 1. The summed E-state index contributed by atoms with van der Waals surface area (Å²) in [5.74, 6) is 1.28. The van der Waals surface area contributed by atoms with E-state index in [-0.39, 0.29) is 5.91 Å². The molecule has 0 aliphatic carbocycles. The van der Waals surface area contributed by atoms with Crippen molar-refractivity contribution in [2.45, 2.75) is 11.3 Å². The molecule has 0 spiro atoms. The standard InChI is InChI=1S/C19H18N2O2S/c1-23-16-10-7-15(8-11-16)9-12-19(22)21-17-5-2-3-6-18(17)24-14-4-13-20/h2-3,5-12H,4,14H2,1H3,(H,21,22)/b12-9+. The van der Waals surface area contributed by atoms with Crippen LogP contribution in [0.25, 0.3) is 6.08 Å². The van der Waals surface area contributed by atoms with Crippen molar-refractivity contribution in [3.05, 3.63) is 60.2 Å². The maximum absolute atomic E-state index is 12.1. The molecule has 0 saturated carbocycles. The second kappa shape index (κ2) is 9.43. The van der Waals surface area contributed by atoms with Gasteiger partial charge in [0, 0.05) is 23.1 Å². The van der Waals surface area contributed by atoms with Crippen LogP contribution in [0.3, 0.4) is 0 Å². The first-order valence-electron chi connectivity index (χ1n) is 7.45. The highest BCUT2D eigenvalue weighted by molar-refractivity contribution is 7.99. The van der Waals surface area contributed by atoms with Crippen LogP contribution in [0.2, 0.25) is 0 Å². The van der Waals surface area contributed by atoms with Crippen molar-refractivity contribution in [1.29, 1.82) is 5.26 Å². The fourth-order valence-corrected chi connectivity index (χ4v) is 2.83. The Bertz CT molecular complexity index is 749. The topological polar surface area (TPSA) is 62.1 Å². The summed E-state index contributed by atoms with van der Waals surface area (Å²) in [5.41, 5.74) is 1.67. The molecule has 0 aliphatic heterocycles. The van der Waals surface area contributed by atoms with E-state index in [9.17, 15) is 4.79 Å². The van der Waals surface area contributed by atoms with Crippen molar-refractivity contribution >= 4 is 29.4 Å². The highest BCUT2D eigenvalue weighted by Crippen LogP contribution is 2.27. The van der Waals surface area contributed by atoms with Gasteiger partial charge in [0.1, 0.15) is 5.75 Å². The van der Waals surface area contributed by atoms with E-state index in [4.69, 9.17) is 10.00 Å². The molecule has 1 amide bonds. The molecule has 2 aromatic carbocycles. The molecule has 0 radical (unpaired) electrons. The Morgan fingerprint density at radius 2 is 2.00 bits per heavy atom. The van der Waals surface area contributed by atoms with Crippen LogP contribution < -0.4 is 10.1 Å². The molecule has 24 heavy (non-hydrogen) atoms. The van der Waals surface area contributed by atoms with Crippen molar-refractivity contribution in [2.75, 3.05) is 18.2 Å². The van der Waals surface area contributed by atoms with Crippen molar-refractivity contribution < 1.29 is 9.53 Å². The maximum atomic E-state index is 12.1. The monoisotopic (exact) mass is 338 g/mol. The number of nitrogens with one attached hydrogen (secondary N) is 1. The molecule has 0 aromatic heterocycles. The Kier molecular flexibility index (Phi) is 6.93. The Morgan fingerprint density at radius 1 is 1.25 bits per heavy atom. The average Bonchev–Trinajstić information content (AvgIpc) is 2.62. The summed E-state index contributed by atoms with van der Waals surface area (Å²) in [6.07, 6.45) is 3.73. The Hall–Kier alpha value is -2.71. The van der Waals surface area contributed by atoms with Gasteiger partial charge in [-0.2, -0.15) is 5.26 Å². The molecule has 2 rings (SSSR count). The number of carbonyl (C=O) groups is 1. The van der Waals surface area contributed by atoms with E-state index < -0.39 is 0 Å². The van der Waals surface area contributed by atoms with E-state index in [1.54, 1.807) is 24.9 Å². The number of methoxy groups -OCH3 is 1. The summed E-state index contributed by atoms with van der Waals surface area (Å²) in [6.45, 7) is 0. The maximum Gasteiger partial charge on any atom is 0.248 e. The lowest BCUT2D eigenvalue weighted by molar-refractivity contribution is -0.111. The second-order valence-electron chi connectivity index (χ2n) is 4.85. The van der Waals surface area contributed by atoms with Crippen LogP contribution in [0.1, 0.15) is 12.0 Å². The third-order valence-electron chi connectivity index (χ3n) is 3.16. The Labute approximate surface area is 146 Å². The van der Waals surface area contributed by atoms with Crippen molar-refractivity contribution in [3.8, 4) is 11.8 Å². The molecule has 0 unspecified atom stereocenters. The fraction of sp³-hybridized carbons (Fsp3) is 0.158. The Balaban J connectivity index is 1.98. The number of thioether (sulfide) groups is 1. The van der Waals surface area contributed by atoms with Crippen molar-refractivity contribution in [3.63, 3.8) is 0 Å². The number of nitrogens with zero attached hydrogens (tertiary/aromatic N) is 1. The molecule has 0 atom stereocenters. The van der Waals surface area contributed by atoms with Crippen LogP contribution in [0.5, 0.6) is 5.75 Å². The van der Waals surface area contributed by atoms with E-state index >= 15 is 0 Å². The second-order valence-corrected chi connectivity index (χ2v) is 5.99. The SMILES string of the molecule is COc1ccc(/C=C/C(=O)Nc2ccccc2SCCC#N)cc1. The molecule has 0 heterocycles. The predicted octanol–water partition coefficient (Wildman–Crippen LogP) is 4.35. The molecule has 2 aromatic rings. The highest BCUT2D eigenvalue weighted by Gasteiger charge is 2.04. The average molecular weight is 338 g/mol. The number of amides is 1. The quantitative estimate of drug-likeness (QED) is 0.463. The molecule has 1 N–H and O–H groups in total. The minimum Gasteiger partial charge on any atom is -0.497 e. The van der Waals surface area contributed by atoms with Crippen LogP contribution in [-0.2, 0) is 4.79 Å². The molecular weight excluding hydrogens is 320 g/mol. The molecule has 0 fully saturated rings. The predicted molar refractivity (Wildman–Crippen MR) is 98.1 cm³/mol. The van der Waals surface area contributed by atoms with Crippen LogP contribution in [-0.4, -0.2) is 18.8 Å². The number of hydrogen-bond donors (Lipinski definition) is 1. The third kappa shape index (κ3) is 5.49. The van der Waals surface area contributed by atoms with E-state index in [0.29, 0.717) is 12.2 Å². The van der Waals surface area contributed by atoms with Gasteiger partial charge in [0.2, 0.25) is 5.91 Å². The normalized spacial score (nSPS) is 10.3. The lowest BCUT2D eigenvalue weighted by Gasteiger charge is -2.08. The van der Waals surface area contributed by atoms with Crippen LogP contribution in [0, 0.1) is 11.3 Å². The first-order chi connectivity index (χ1) is 11.7. The van der Waals surface area contributed by atoms with E-state index in [1.165, 1.54) is 6.08 Å². The zero-order valence-corrected chi connectivity index (χ0v) is 14.2. The summed E-state index contributed by atoms with van der Waals surface area (Å²) >= 11 is 1.56. The lowest BCUT2D eigenvalue weighted by atomic mass is 10.2. The number of nitriles is 1. The van der Waals surface area contributed by atoms with Gasteiger partial charge < -0.3 is 10.1 Å². The number of carbonyl (C=O) groups excluding carboxylic acids is 1. The summed E-state index contributed by atoms with van der Waals surface area (Å²) in [4.78, 5) is 13.1. The first kappa shape index (κ1) is 17.6. The van der Waals surface area contributed by atoms with Gasteiger partial charge >= 0.3 is 0 Å². The van der Waals surface area contributed by atoms with Gasteiger partial charge in [0.15, 0.2) is 0 Å². The van der Waals surface area contributed by atoms with Gasteiger partial charge in [-0.1, -0.05) is 24.3 Å². The fourth-order valence-electron chi connectivity index (χ4n) is 1.96. The van der Waals surface area contributed by atoms with Crippen molar-refractivity contribution in [1.82, 2.24) is 0 Å². The molecule has 0 aliphatic rings. The van der Waals surface area contributed by atoms with Gasteiger partial charge in [-0.25, -0.2) is 0 Å². The van der Waals surface area contributed by atoms with Crippen LogP contribution in [0.15, 0.2) is 59.5 Å². The number of rotatable bonds is 7. The third-order valence-corrected chi connectivity index (χ3v) is 4.23. The van der Waals surface area contributed by atoms with Crippen LogP contribution >= 0.6 is 11.8 Å². The lowest BCUT2D eigenvalue weighted by Crippen LogP contribution is -2.08. The summed E-state index contributed by atoms with van der Waals surface area (Å²) in [6, 6.07) is 17.2. The Morgan fingerprint density at radius 3 is 2.71 bits per heavy atom. The van der Waals surface area contributed by atoms with Gasteiger partial charge in [-0.15, -0.1) is 11.8 Å². The molecule has 5 heteroatoms. The van der Waals surface area contributed by atoms with Gasteiger partial charge in [-0.3, -0.25) is 4.79 Å². The first-order valence-corrected chi connectivity index (χ1v) is 8.43. The molecule has 122 valence electrons. The van der Waals surface area contributed by atoms with E-state index in [1.807, 2.05) is 48.5 Å². The van der Waals surface area contributed by atoms with Gasteiger partial charge in [0.25, 0.3) is 0 Å². The highest BCUT2D eigenvalue weighted by atomic mass is 32.2. The molecule has 0 bridgehead atoms. The van der Waals surface area contributed by atoms with Gasteiger partial charge in [0.05, 0.1) is 18.9 Å². The minimum absolute atomic E-state index is 0.195. The number of benzene rings is 2. The van der Waals surface area contributed by atoms with Crippen LogP contribution in [0.4, 0.5) is 5.69 Å². The van der Waals surface area contributed by atoms with Crippen molar-refractivity contribution in [2.24, 2.45) is 0 Å². The van der Waals surface area contributed by atoms with E-state index in [2.05, 4.69) is 11.4 Å². The summed E-state index contributed by atoms with van der Waals surface area (Å²) in [5, 5.41) is 11.5. The number of para-hydroxylation sites is 1. The van der Waals surface area contributed by atoms with Gasteiger partial charge in [-0.05, 0) is 35.9 Å². The largest absolute Gasteiger partial charge is 0.497 e. The summed E-state index contributed by atoms with van der Waals surface area (Å²) < 4.78 is 5.10. The molecule has 0 saturated heterocycles. The summed E-state index contributed by atoms with van der Waals surface area (Å²) in [7, 11) is 1.62. The zero-order chi connectivity index (χ0) is 17.2. The minimum atomic E-state index is -0.195. The molecular formula is C19H18N2O2S. The molecule has 4 nitrogen and oxygen atoms in total. The number of anilines is 1. The van der Waals surface area contributed by atoms with E-state index in [0.717, 1.165) is 21.9 Å².